The van der Waals surface area contributed by atoms with Crippen molar-refractivity contribution in [1.29, 1.82) is 0 Å². The minimum Gasteiger partial charge on any atom is -0.481 e. The quantitative estimate of drug-likeness (QED) is 0.412. The summed E-state index contributed by atoms with van der Waals surface area (Å²) in [6.45, 7) is 2.08. The van der Waals surface area contributed by atoms with Gasteiger partial charge < -0.3 is 10.2 Å². The van der Waals surface area contributed by atoms with Crippen molar-refractivity contribution in [1.82, 2.24) is 0 Å². The highest BCUT2D eigenvalue weighted by Crippen LogP contribution is 2.34. The highest BCUT2D eigenvalue weighted by atomic mass is 16.4. The molecule has 2 N–H and O–H groups in total. The Morgan fingerprint density at radius 1 is 1.08 bits per heavy atom. The SMILES string of the molecule is CCC=CC[C@H]1[C@H](CC=CCCCCCCC(=O)O)C(=O)C[C@@H]1O. The predicted octanol–water partition coefficient (Wildman–Crippen LogP) is 4.28. The van der Waals surface area contributed by atoms with E-state index in [1.807, 2.05) is 0 Å². The lowest BCUT2D eigenvalue weighted by atomic mass is 9.88. The first-order valence-corrected chi connectivity index (χ1v) is 9.28. The van der Waals surface area contributed by atoms with Gasteiger partial charge in [-0.05, 0) is 44.4 Å². The lowest BCUT2D eigenvalue weighted by Crippen LogP contribution is -2.19. The Balaban J connectivity index is 2.24. The number of hydrogen-bond donors (Lipinski definition) is 2. The Kier molecular flexibility index (Phi) is 10.3. The average Bonchev–Trinajstić information content (AvgIpc) is 2.79. The van der Waals surface area contributed by atoms with Crippen LogP contribution in [0.1, 0.15) is 71.1 Å². The topological polar surface area (TPSA) is 74.6 Å². The maximum Gasteiger partial charge on any atom is 0.303 e. The van der Waals surface area contributed by atoms with E-state index in [-0.39, 0.29) is 24.0 Å². The van der Waals surface area contributed by atoms with Gasteiger partial charge in [0.25, 0.3) is 0 Å². The fourth-order valence-electron chi connectivity index (χ4n) is 3.32. The molecule has 0 aliphatic heterocycles. The van der Waals surface area contributed by atoms with Crippen molar-refractivity contribution in [3.05, 3.63) is 24.3 Å². The minimum atomic E-state index is -0.721. The van der Waals surface area contributed by atoms with Gasteiger partial charge in [0.2, 0.25) is 0 Å². The van der Waals surface area contributed by atoms with Gasteiger partial charge in [-0.25, -0.2) is 0 Å². The Hall–Kier alpha value is -1.42. The molecule has 4 heteroatoms. The molecule has 0 aromatic heterocycles. The number of carboxylic acids is 1. The van der Waals surface area contributed by atoms with Gasteiger partial charge in [-0.3, -0.25) is 9.59 Å². The van der Waals surface area contributed by atoms with E-state index in [1.54, 1.807) is 0 Å². The number of carbonyl (C=O) groups is 2. The molecule has 1 aliphatic rings. The molecule has 0 aromatic carbocycles. The molecule has 0 saturated heterocycles. The zero-order valence-corrected chi connectivity index (χ0v) is 14.8. The summed E-state index contributed by atoms with van der Waals surface area (Å²) in [5.74, 6) is -0.522. The van der Waals surface area contributed by atoms with Crippen LogP contribution in [0.4, 0.5) is 0 Å². The molecule has 1 rings (SSSR count). The van der Waals surface area contributed by atoms with Crippen LogP contribution in [-0.4, -0.2) is 28.1 Å². The van der Waals surface area contributed by atoms with Crippen molar-refractivity contribution in [2.75, 3.05) is 0 Å². The first-order chi connectivity index (χ1) is 11.6. The second kappa shape index (κ2) is 12.0. The van der Waals surface area contributed by atoms with Crippen LogP contribution in [0, 0.1) is 11.8 Å². The molecule has 1 fully saturated rings. The molecule has 0 spiro atoms. The fraction of sp³-hybridized carbons (Fsp3) is 0.700. The van der Waals surface area contributed by atoms with Crippen LogP contribution in [-0.2, 0) is 9.59 Å². The highest BCUT2D eigenvalue weighted by molar-refractivity contribution is 5.84. The number of ketones is 1. The third-order valence-electron chi connectivity index (χ3n) is 4.71. The van der Waals surface area contributed by atoms with Gasteiger partial charge in [0.1, 0.15) is 5.78 Å². The number of carboxylic acid groups (broad SMARTS) is 1. The predicted molar refractivity (Wildman–Crippen MR) is 95.8 cm³/mol. The standard InChI is InChI=1S/C20H32O4/c1-2-3-9-12-16-17(19(22)15-18(16)21)13-10-7-5-4-6-8-11-14-20(23)24/h3,7,9-10,16-18,21H,2,4-6,8,11-15H2,1H3,(H,23,24)/t16-,17-,18-/m0/s1. The van der Waals surface area contributed by atoms with Gasteiger partial charge in [-0.2, -0.15) is 0 Å². The Morgan fingerprint density at radius 2 is 1.79 bits per heavy atom. The van der Waals surface area contributed by atoms with Crippen LogP contribution < -0.4 is 0 Å². The summed E-state index contributed by atoms with van der Waals surface area (Å²) in [5, 5.41) is 18.6. The molecule has 0 aromatic rings. The van der Waals surface area contributed by atoms with Crippen molar-refractivity contribution in [3.8, 4) is 0 Å². The molecule has 136 valence electrons. The first kappa shape index (κ1) is 20.6. The van der Waals surface area contributed by atoms with Crippen LogP contribution in [0.15, 0.2) is 24.3 Å². The summed E-state index contributed by atoms with van der Waals surface area (Å²) >= 11 is 0. The van der Waals surface area contributed by atoms with Crippen LogP contribution in [0.2, 0.25) is 0 Å². The zero-order chi connectivity index (χ0) is 17.8. The largest absolute Gasteiger partial charge is 0.481 e. The molecule has 1 aliphatic carbocycles. The second-order valence-corrected chi connectivity index (χ2v) is 6.68. The lowest BCUT2D eigenvalue weighted by Gasteiger charge is -2.18. The van der Waals surface area contributed by atoms with E-state index in [9.17, 15) is 14.7 Å². The summed E-state index contributed by atoms with van der Waals surface area (Å²) in [5.41, 5.74) is 0. The molecule has 0 amide bonds. The van der Waals surface area contributed by atoms with Gasteiger partial charge in [0.15, 0.2) is 0 Å². The van der Waals surface area contributed by atoms with Crippen LogP contribution >= 0.6 is 0 Å². The Bertz CT molecular complexity index is 439. The molecule has 0 heterocycles. The summed E-state index contributed by atoms with van der Waals surface area (Å²) in [6, 6.07) is 0. The van der Waals surface area contributed by atoms with Crippen LogP contribution in [0.25, 0.3) is 0 Å². The number of Topliss-reactive ketones (excluding diaryl/α,β-unsaturated/α-hetero) is 1. The molecule has 24 heavy (non-hydrogen) atoms. The van der Waals surface area contributed by atoms with E-state index in [0.29, 0.717) is 6.42 Å². The molecule has 4 nitrogen and oxygen atoms in total. The molecular formula is C20H32O4. The number of aliphatic carboxylic acids is 1. The molecule has 0 unspecified atom stereocenters. The Morgan fingerprint density at radius 3 is 2.50 bits per heavy atom. The van der Waals surface area contributed by atoms with Gasteiger partial charge >= 0.3 is 5.97 Å². The smallest absolute Gasteiger partial charge is 0.303 e. The molecule has 3 atom stereocenters. The number of carbonyl (C=O) groups excluding carboxylic acids is 1. The number of aliphatic hydroxyl groups excluding tert-OH is 1. The lowest BCUT2D eigenvalue weighted by molar-refractivity contribution is -0.137. The van der Waals surface area contributed by atoms with Crippen molar-refractivity contribution >= 4 is 11.8 Å². The van der Waals surface area contributed by atoms with Gasteiger partial charge in [0, 0.05) is 18.8 Å². The third kappa shape index (κ3) is 7.91. The maximum atomic E-state index is 12.1. The first-order valence-electron chi connectivity index (χ1n) is 9.28. The number of aliphatic hydroxyl groups is 1. The summed E-state index contributed by atoms with van der Waals surface area (Å²) in [6.07, 6.45) is 15.7. The van der Waals surface area contributed by atoms with E-state index in [0.717, 1.165) is 51.4 Å². The van der Waals surface area contributed by atoms with Crippen LogP contribution in [0.5, 0.6) is 0 Å². The molecular weight excluding hydrogens is 304 g/mol. The number of unbranched alkanes of at least 4 members (excludes halogenated alkanes) is 4. The second-order valence-electron chi connectivity index (χ2n) is 6.68. The molecule has 1 saturated carbocycles. The zero-order valence-electron chi connectivity index (χ0n) is 14.8. The van der Waals surface area contributed by atoms with Crippen molar-refractivity contribution < 1.29 is 19.8 Å². The highest BCUT2D eigenvalue weighted by Gasteiger charge is 2.39. The minimum absolute atomic E-state index is 0.0478. The van der Waals surface area contributed by atoms with E-state index in [2.05, 4.69) is 31.2 Å². The average molecular weight is 336 g/mol. The van der Waals surface area contributed by atoms with Gasteiger partial charge in [-0.1, -0.05) is 44.1 Å². The summed E-state index contributed by atoms with van der Waals surface area (Å²) in [7, 11) is 0. The Labute approximate surface area is 145 Å². The number of rotatable bonds is 12. The maximum absolute atomic E-state index is 12.1. The third-order valence-corrected chi connectivity index (χ3v) is 4.71. The fourth-order valence-corrected chi connectivity index (χ4v) is 3.32. The van der Waals surface area contributed by atoms with Crippen molar-refractivity contribution in [2.45, 2.75) is 77.2 Å². The van der Waals surface area contributed by atoms with E-state index in [4.69, 9.17) is 5.11 Å². The molecule has 0 radical (unpaired) electrons. The van der Waals surface area contributed by atoms with Crippen molar-refractivity contribution in [3.63, 3.8) is 0 Å². The normalized spacial score (nSPS) is 24.4. The van der Waals surface area contributed by atoms with Gasteiger partial charge in [-0.15, -0.1) is 0 Å². The summed E-state index contributed by atoms with van der Waals surface area (Å²) < 4.78 is 0. The van der Waals surface area contributed by atoms with E-state index < -0.39 is 12.1 Å². The number of hydrogen-bond acceptors (Lipinski definition) is 3. The monoisotopic (exact) mass is 336 g/mol. The summed E-state index contributed by atoms with van der Waals surface area (Å²) in [4.78, 5) is 22.5. The van der Waals surface area contributed by atoms with Crippen molar-refractivity contribution in [2.24, 2.45) is 11.8 Å². The van der Waals surface area contributed by atoms with Crippen LogP contribution in [0.3, 0.4) is 0 Å². The van der Waals surface area contributed by atoms with E-state index >= 15 is 0 Å². The molecule has 0 bridgehead atoms. The van der Waals surface area contributed by atoms with Gasteiger partial charge in [0.05, 0.1) is 6.10 Å². The number of allylic oxidation sites excluding steroid dienone is 4. The van der Waals surface area contributed by atoms with E-state index in [1.165, 1.54) is 0 Å².